The van der Waals surface area contributed by atoms with E-state index < -0.39 is 0 Å². The van der Waals surface area contributed by atoms with Crippen molar-refractivity contribution in [3.8, 4) is 12.3 Å². The lowest BCUT2D eigenvalue weighted by Crippen LogP contribution is -2.31. The van der Waals surface area contributed by atoms with Gasteiger partial charge in [0, 0.05) is 0 Å². The topological polar surface area (TPSA) is 29.5 Å². The predicted octanol–water partition coefficient (Wildman–Crippen LogP) is 2.13. The number of aliphatic hydroxyl groups is 1. The van der Waals surface area contributed by atoms with E-state index in [9.17, 15) is 5.11 Å². The van der Waals surface area contributed by atoms with Crippen LogP contribution in [0.1, 0.15) is 33.6 Å². The minimum Gasteiger partial charge on any atom is -0.392 e. The average molecular weight is 208 g/mol. The van der Waals surface area contributed by atoms with E-state index >= 15 is 0 Å². The van der Waals surface area contributed by atoms with Gasteiger partial charge in [0.25, 0.3) is 0 Å². The summed E-state index contributed by atoms with van der Waals surface area (Å²) in [5.41, 5.74) is 2.36. The molecule has 2 nitrogen and oxygen atoms in total. The lowest BCUT2D eigenvalue weighted by atomic mass is 9.72. The highest BCUT2D eigenvalue weighted by Crippen LogP contribution is 2.40. The van der Waals surface area contributed by atoms with Gasteiger partial charge in [-0.3, -0.25) is 0 Å². The maximum absolute atomic E-state index is 9.39. The van der Waals surface area contributed by atoms with Crippen molar-refractivity contribution in [2.45, 2.75) is 39.7 Å². The summed E-state index contributed by atoms with van der Waals surface area (Å²) < 4.78 is 5.56. The molecular weight excluding hydrogens is 188 g/mol. The van der Waals surface area contributed by atoms with E-state index in [-0.39, 0.29) is 18.1 Å². The number of hydrogen-bond donors (Lipinski definition) is 1. The van der Waals surface area contributed by atoms with Crippen LogP contribution in [0.5, 0.6) is 0 Å². The Labute approximate surface area is 92.3 Å². The second kappa shape index (κ2) is 4.83. The molecular formula is C13H20O2. The zero-order valence-electron chi connectivity index (χ0n) is 9.84. The molecule has 0 bridgehead atoms. The van der Waals surface area contributed by atoms with Crippen LogP contribution < -0.4 is 0 Å². The van der Waals surface area contributed by atoms with Crippen LogP contribution in [0.4, 0.5) is 0 Å². The third-order valence-corrected chi connectivity index (χ3v) is 3.33. The van der Waals surface area contributed by atoms with E-state index in [1.807, 2.05) is 6.92 Å². The second-order valence-electron chi connectivity index (χ2n) is 4.75. The fraction of sp³-hybridized carbons (Fsp3) is 0.692. The number of rotatable bonds is 3. The molecule has 0 spiro atoms. The van der Waals surface area contributed by atoms with E-state index in [1.54, 1.807) is 0 Å². The molecule has 0 radical (unpaired) electrons. The van der Waals surface area contributed by atoms with E-state index in [2.05, 4.69) is 19.8 Å². The fourth-order valence-electron chi connectivity index (χ4n) is 2.28. The Hall–Kier alpha value is -0.780. The molecule has 0 saturated carbocycles. The first-order valence-corrected chi connectivity index (χ1v) is 5.39. The van der Waals surface area contributed by atoms with E-state index in [0.29, 0.717) is 6.61 Å². The van der Waals surface area contributed by atoms with Gasteiger partial charge >= 0.3 is 0 Å². The molecule has 84 valence electrons. The van der Waals surface area contributed by atoms with Gasteiger partial charge in [-0.05, 0) is 36.3 Å². The Kier molecular flexibility index (Phi) is 3.96. The summed E-state index contributed by atoms with van der Waals surface area (Å²) in [5.74, 6) is 2.48. The Morgan fingerprint density at radius 3 is 2.80 bits per heavy atom. The molecule has 0 aromatic rings. The van der Waals surface area contributed by atoms with Gasteiger partial charge in [0.15, 0.2) is 0 Å². The van der Waals surface area contributed by atoms with E-state index in [1.165, 1.54) is 0 Å². The van der Waals surface area contributed by atoms with Crippen molar-refractivity contribution < 1.29 is 9.84 Å². The minimum absolute atomic E-state index is 0.0921. The molecule has 0 heterocycles. The maximum atomic E-state index is 9.39. The SMILES string of the molecule is C#CCO[C@H]1CCC(C)(C)C(CO)=C1C. The summed E-state index contributed by atoms with van der Waals surface area (Å²) in [6, 6.07) is 0. The Bertz CT molecular complexity index is 294. The first-order chi connectivity index (χ1) is 7.03. The van der Waals surface area contributed by atoms with Gasteiger partial charge in [-0.1, -0.05) is 19.8 Å². The van der Waals surface area contributed by atoms with Crippen molar-refractivity contribution >= 4 is 0 Å². The van der Waals surface area contributed by atoms with Gasteiger partial charge in [-0.2, -0.15) is 0 Å². The maximum Gasteiger partial charge on any atom is 0.108 e. The molecule has 1 rings (SSSR count). The number of aliphatic hydroxyl groups excluding tert-OH is 1. The molecule has 1 aliphatic rings. The van der Waals surface area contributed by atoms with Crippen molar-refractivity contribution in [1.82, 2.24) is 0 Å². The van der Waals surface area contributed by atoms with Gasteiger partial charge in [0.1, 0.15) is 6.61 Å². The van der Waals surface area contributed by atoms with Crippen molar-refractivity contribution in [1.29, 1.82) is 0 Å². The lowest BCUT2D eigenvalue weighted by molar-refractivity contribution is 0.0741. The highest BCUT2D eigenvalue weighted by Gasteiger charge is 2.32. The second-order valence-corrected chi connectivity index (χ2v) is 4.75. The summed E-state index contributed by atoms with van der Waals surface area (Å²) in [4.78, 5) is 0. The highest BCUT2D eigenvalue weighted by molar-refractivity contribution is 5.26. The number of terminal acetylenes is 1. The summed E-state index contributed by atoms with van der Waals surface area (Å²) in [5, 5.41) is 9.39. The standard InChI is InChI=1S/C13H20O2/c1-5-8-15-12-6-7-13(3,4)11(9-14)10(12)2/h1,12,14H,6-9H2,2-4H3/t12-/m0/s1. The van der Waals surface area contributed by atoms with Crippen LogP contribution >= 0.6 is 0 Å². The summed E-state index contributed by atoms with van der Waals surface area (Å²) in [7, 11) is 0. The largest absolute Gasteiger partial charge is 0.392 e. The Morgan fingerprint density at radius 1 is 1.60 bits per heavy atom. The third kappa shape index (κ3) is 2.62. The van der Waals surface area contributed by atoms with E-state index in [4.69, 9.17) is 11.2 Å². The first kappa shape index (κ1) is 12.3. The molecule has 0 aliphatic heterocycles. The van der Waals surface area contributed by atoms with Crippen LogP contribution in [-0.4, -0.2) is 24.4 Å². The van der Waals surface area contributed by atoms with Crippen LogP contribution in [0.15, 0.2) is 11.1 Å². The highest BCUT2D eigenvalue weighted by atomic mass is 16.5. The zero-order valence-corrected chi connectivity index (χ0v) is 9.84. The molecule has 1 aliphatic carbocycles. The molecule has 1 N–H and O–H groups in total. The molecule has 0 unspecified atom stereocenters. The first-order valence-electron chi connectivity index (χ1n) is 5.39. The molecule has 0 amide bonds. The van der Waals surface area contributed by atoms with Crippen LogP contribution in [0.3, 0.4) is 0 Å². The van der Waals surface area contributed by atoms with Gasteiger partial charge in [-0.15, -0.1) is 6.42 Å². The Balaban J connectivity index is 2.85. The lowest BCUT2D eigenvalue weighted by Gasteiger charge is -2.37. The number of ether oxygens (including phenoxy) is 1. The van der Waals surface area contributed by atoms with Crippen LogP contribution in [0.25, 0.3) is 0 Å². The monoisotopic (exact) mass is 208 g/mol. The number of hydrogen-bond acceptors (Lipinski definition) is 2. The van der Waals surface area contributed by atoms with Gasteiger partial charge in [0.05, 0.1) is 12.7 Å². The molecule has 0 fully saturated rings. The summed E-state index contributed by atoms with van der Waals surface area (Å²) >= 11 is 0. The smallest absolute Gasteiger partial charge is 0.108 e. The predicted molar refractivity (Wildman–Crippen MR) is 61.4 cm³/mol. The van der Waals surface area contributed by atoms with Crippen molar-refractivity contribution in [3.63, 3.8) is 0 Å². The normalized spacial score (nSPS) is 25.1. The van der Waals surface area contributed by atoms with Gasteiger partial charge in [-0.25, -0.2) is 0 Å². The van der Waals surface area contributed by atoms with Crippen LogP contribution in [0, 0.1) is 17.8 Å². The van der Waals surface area contributed by atoms with Gasteiger partial charge < -0.3 is 9.84 Å². The molecule has 2 heteroatoms. The average Bonchev–Trinajstić information content (AvgIpc) is 2.17. The molecule has 0 aromatic heterocycles. The summed E-state index contributed by atoms with van der Waals surface area (Å²) in [6.07, 6.45) is 7.29. The third-order valence-electron chi connectivity index (χ3n) is 3.33. The van der Waals surface area contributed by atoms with Crippen LogP contribution in [-0.2, 0) is 4.74 Å². The molecule has 0 aromatic carbocycles. The Morgan fingerprint density at radius 2 is 2.27 bits per heavy atom. The van der Waals surface area contributed by atoms with Crippen molar-refractivity contribution in [3.05, 3.63) is 11.1 Å². The molecule has 15 heavy (non-hydrogen) atoms. The van der Waals surface area contributed by atoms with Crippen molar-refractivity contribution in [2.24, 2.45) is 5.41 Å². The molecule has 0 saturated heterocycles. The fourth-order valence-corrected chi connectivity index (χ4v) is 2.28. The van der Waals surface area contributed by atoms with Gasteiger partial charge in [0.2, 0.25) is 0 Å². The van der Waals surface area contributed by atoms with Crippen LogP contribution in [0.2, 0.25) is 0 Å². The zero-order chi connectivity index (χ0) is 11.5. The van der Waals surface area contributed by atoms with E-state index in [0.717, 1.165) is 24.0 Å². The summed E-state index contributed by atoms with van der Waals surface area (Å²) in [6.45, 7) is 6.84. The quantitative estimate of drug-likeness (QED) is 0.568. The van der Waals surface area contributed by atoms with Crippen molar-refractivity contribution in [2.75, 3.05) is 13.2 Å². The minimum atomic E-state index is 0.0921. The molecule has 1 atom stereocenters.